The average Bonchev–Trinajstić information content (AvgIpc) is 2.60. The molecule has 25 heavy (non-hydrogen) atoms. The van der Waals surface area contributed by atoms with Crippen LogP contribution in [0, 0.1) is 0 Å². The minimum absolute atomic E-state index is 0.101. The molecule has 2 aromatic rings. The quantitative estimate of drug-likeness (QED) is 0.859. The first kappa shape index (κ1) is 17.5. The van der Waals surface area contributed by atoms with Gasteiger partial charge in [0.05, 0.1) is 6.10 Å². The van der Waals surface area contributed by atoms with Crippen molar-refractivity contribution in [1.82, 2.24) is 4.90 Å². The van der Waals surface area contributed by atoms with Crippen LogP contribution in [0.15, 0.2) is 33.5 Å². The fraction of sp³-hybridized carbons (Fsp3) is 0.474. The SMILES string of the molecule is CCc1cc(=O)oc2cc(OC(C)C(=O)N3CCC(O)CC3)ccc12. The van der Waals surface area contributed by atoms with E-state index in [0.717, 1.165) is 17.4 Å². The molecule has 0 saturated carbocycles. The van der Waals surface area contributed by atoms with Crippen LogP contribution in [0.3, 0.4) is 0 Å². The Balaban J connectivity index is 1.76. The highest BCUT2D eigenvalue weighted by molar-refractivity contribution is 5.83. The molecule has 0 spiro atoms. The van der Waals surface area contributed by atoms with E-state index in [-0.39, 0.29) is 12.0 Å². The van der Waals surface area contributed by atoms with Crippen molar-refractivity contribution in [3.63, 3.8) is 0 Å². The Labute approximate surface area is 146 Å². The molecule has 3 rings (SSSR count). The lowest BCUT2D eigenvalue weighted by molar-refractivity contribution is -0.139. The van der Waals surface area contributed by atoms with Gasteiger partial charge in [-0.15, -0.1) is 0 Å². The summed E-state index contributed by atoms with van der Waals surface area (Å²) in [5, 5.41) is 10.4. The number of piperidine rings is 1. The van der Waals surface area contributed by atoms with Crippen molar-refractivity contribution in [3.05, 3.63) is 40.2 Å². The average molecular weight is 345 g/mol. The molecule has 1 aromatic carbocycles. The number of nitrogens with zero attached hydrogens (tertiary/aromatic N) is 1. The van der Waals surface area contributed by atoms with Crippen molar-refractivity contribution in [2.24, 2.45) is 0 Å². The smallest absolute Gasteiger partial charge is 0.336 e. The van der Waals surface area contributed by atoms with E-state index in [1.165, 1.54) is 6.07 Å². The van der Waals surface area contributed by atoms with E-state index in [9.17, 15) is 14.7 Å². The van der Waals surface area contributed by atoms with E-state index in [1.54, 1.807) is 24.0 Å². The van der Waals surface area contributed by atoms with Crippen LogP contribution in [-0.4, -0.2) is 41.2 Å². The molecular weight excluding hydrogens is 322 g/mol. The predicted molar refractivity (Wildman–Crippen MR) is 93.8 cm³/mol. The van der Waals surface area contributed by atoms with Crippen LogP contribution in [0.1, 0.15) is 32.3 Å². The summed E-state index contributed by atoms with van der Waals surface area (Å²) < 4.78 is 11.0. The Hall–Kier alpha value is -2.34. The molecular formula is C19H23NO5. The van der Waals surface area contributed by atoms with E-state index in [4.69, 9.17) is 9.15 Å². The summed E-state index contributed by atoms with van der Waals surface area (Å²) in [5.74, 6) is 0.387. The van der Waals surface area contributed by atoms with E-state index >= 15 is 0 Å². The number of hydrogen-bond acceptors (Lipinski definition) is 5. The third-order valence-electron chi connectivity index (χ3n) is 4.62. The van der Waals surface area contributed by atoms with Crippen LogP contribution in [0.4, 0.5) is 0 Å². The largest absolute Gasteiger partial charge is 0.481 e. The molecule has 1 aliphatic rings. The highest BCUT2D eigenvalue weighted by Gasteiger charge is 2.26. The number of ether oxygens (including phenoxy) is 1. The second-order valence-electron chi connectivity index (χ2n) is 6.42. The summed E-state index contributed by atoms with van der Waals surface area (Å²) in [4.78, 5) is 25.8. The molecule has 0 bridgehead atoms. The summed E-state index contributed by atoms with van der Waals surface area (Å²) in [7, 11) is 0. The molecule has 1 aromatic heterocycles. The van der Waals surface area contributed by atoms with Gasteiger partial charge in [0.2, 0.25) is 0 Å². The van der Waals surface area contributed by atoms with Crippen LogP contribution in [0.5, 0.6) is 5.75 Å². The van der Waals surface area contributed by atoms with Crippen LogP contribution >= 0.6 is 0 Å². The van der Waals surface area contributed by atoms with Gasteiger partial charge in [0.1, 0.15) is 11.3 Å². The van der Waals surface area contributed by atoms with Gasteiger partial charge < -0.3 is 19.2 Å². The number of likely N-dealkylation sites (tertiary alicyclic amines) is 1. The lowest BCUT2D eigenvalue weighted by Crippen LogP contribution is -2.45. The van der Waals surface area contributed by atoms with Crippen molar-refractivity contribution in [1.29, 1.82) is 0 Å². The van der Waals surface area contributed by atoms with Gasteiger partial charge in [-0.1, -0.05) is 6.92 Å². The van der Waals surface area contributed by atoms with Crippen molar-refractivity contribution in [2.45, 2.75) is 45.3 Å². The molecule has 1 aliphatic heterocycles. The van der Waals surface area contributed by atoms with Gasteiger partial charge in [-0.05, 0) is 43.9 Å². The molecule has 0 radical (unpaired) electrons. The van der Waals surface area contributed by atoms with E-state index in [0.29, 0.717) is 37.3 Å². The number of hydrogen-bond donors (Lipinski definition) is 1. The van der Waals surface area contributed by atoms with Gasteiger partial charge in [-0.25, -0.2) is 4.79 Å². The zero-order valence-electron chi connectivity index (χ0n) is 14.5. The third-order valence-corrected chi connectivity index (χ3v) is 4.62. The summed E-state index contributed by atoms with van der Waals surface area (Å²) in [5.41, 5.74) is 0.994. The Kier molecular flexibility index (Phi) is 5.08. The highest BCUT2D eigenvalue weighted by Crippen LogP contribution is 2.24. The van der Waals surface area contributed by atoms with Gasteiger partial charge >= 0.3 is 5.63 Å². The number of amides is 1. The molecule has 1 saturated heterocycles. The van der Waals surface area contributed by atoms with Crippen molar-refractivity contribution < 1.29 is 19.1 Å². The van der Waals surface area contributed by atoms with E-state index in [2.05, 4.69) is 0 Å². The molecule has 2 heterocycles. The minimum Gasteiger partial charge on any atom is -0.481 e. The topological polar surface area (TPSA) is 80.0 Å². The second-order valence-corrected chi connectivity index (χ2v) is 6.42. The molecule has 1 atom stereocenters. The number of carbonyl (C=O) groups excluding carboxylic acids is 1. The number of aliphatic hydroxyl groups is 1. The first-order valence-electron chi connectivity index (χ1n) is 8.68. The summed E-state index contributed by atoms with van der Waals surface area (Å²) in [6.07, 6.45) is 0.960. The van der Waals surface area contributed by atoms with Gasteiger partial charge in [0.25, 0.3) is 5.91 Å². The lowest BCUT2D eigenvalue weighted by atomic mass is 10.1. The predicted octanol–water partition coefficient (Wildman–Crippen LogP) is 2.11. The molecule has 1 fully saturated rings. The molecule has 6 nitrogen and oxygen atoms in total. The molecule has 1 unspecified atom stereocenters. The Morgan fingerprint density at radius 2 is 2.08 bits per heavy atom. The van der Waals surface area contributed by atoms with Crippen molar-refractivity contribution in [2.75, 3.05) is 13.1 Å². The summed E-state index contributed by atoms with van der Waals surface area (Å²) >= 11 is 0. The molecule has 6 heteroatoms. The number of fused-ring (bicyclic) bond motifs is 1. The minimum atomic E-state index is -0.645. The zero-order chi connectivity index (χ0) is 18.0. The highest BCUT2D eigenvalue weighted by atomic mass is 16.5. The lowest BCUT2D eigenvalue weighted by Gasteiger charge is -2.31. The number of benzene rings is 1. The van der Waals surface area contributed by atoms with Crippen LogP contribution in [0.25, 0.3) is 11.0 Å². The Bertz CT molecular complexity index is 820. The fourth-order valence-corrected chi connectivity index (χ4v) is 3.17. The van der Waals surface area contributed by atoms with E-state index < -0.39 is 11.7 Å². The summed E-state index contributed by atoms with van der Waals surface area (Å²) in [6.45, 7) is 4.77. The second kappa shape index (κ2) is 7.27. The maximum absolute atomic E-state index is 12.5. The molecule has 1 N–H and O–H groups in total. The molecule has 134 valence electrons. The standard InChI is InChI=1S/C19H23NO5/c1-3-13-10-18(22)25-17-11-15(4-5-16(13)17)24-12(2)19(23)20-8-6-14(21)7-9-20/h4-5,10-12,14,21H,3,6-9H2,1-2H3. The number of rotatable bonds is 4. The number of carbonyl (C=O) groups is 1. The Morgan fingerprint density at radius 1 is 1.36 bits per heavy atom. The van der Waals surface area contributed by atoms with Gasteiger partial charge in [0, 0.05) is 30.6 Å². The van der Waals surface area contributed by atoms with Gasteiger partial charge in [-0.3, -0.25) is 4.79 Å². The third kappa shape index (κ3) is 3.85. The van der Waals surface area contributed by atoms with Crippen molar-refractivity contribution in [3.8, 4) is 5.75 Å². The zero-order valence-corrected chi connectivity index (χ0v) is 14.5. The fourth-order valence-electron chi connectivity index (χ4n) is 3.17. The van der Waals surface area contributed by atoms with Crippen LogP contribution < -0.4 is 10.4 Å². The monoisotopic (exact) mass is 345 g/mol. The molecule has 1 amide bonds. The number of aryl methyl sites for hydroxylation is 1. The first-order valence-corrected chi connectivity index (χ1v) is 8.68. The number of aliphatic hydroxyl groups excluding tert-OH is 1. The van der Waals surface area contributed by atoms with Crippen LogP contribution in [-0.2, 0) is 11.2 Å². The van der Waals surface area contributed by atoms with Gasteiger partial charge in [0.15, 0.2) is 6.10 Å². The van der Waals surface area contributed by atoms with Crippen molar-refractivity contribution >= 4 is 16.9 Å². The first-order chi connectivity index (χ1) is 12.0. The maximum Gasteiger partial charge on any atom is 0.336 e. The van der Waals surface area contributed by atoms with Crippen LogP contribution in [0.2, 0.25) is 0 Å². The Morgan fingerprint density at radius 3 is 2.76 bits per heavy atom. The maximum atomic E-state index is 12.5. The van der Waals surface area contributed by atoms with E-state index in [1.807, 2.05) is 13.0 Å². The van der Waals surface area contributed by atoms with Gasteiger partial charge in [-0.2, -0.15) is 0 Å². The molecule has 0 aliphatic carbocycles. The normalized spacial score (nSPS) is 16.8. The summed E-state index contributed by atoms with van der Waals surface area (Å²) in [6, 6.07) is 6.78.